The van der Waals surface area contributed by atoms with Gasteiger partial charge in [0.1, 0.15) is 0 Å². The van der Waals surface area contributed by atoms with Crippen molar-refractivity contribution in [3.63, 3.8) is 0 Å². The molecular weight excluding hydrogens is 643 g/mol. The summed E-state index contributed by atoms with van der Waals surface area (Å²) < 4.78 is 7.26. The average Bonchev–Trinajstić information content (AvgIpc) is 3.91. The number of para-hydroxylation sites is 3. The molecule has 0 aliphatic heterocycles. The molecule has 0 atom stereocenters. The Labute approximate surface area is 306 Å². The van der Waals surface area contributed by atoms with Gasteiger partial charge in [0.25, 0.3) is 0 Å². The summed E-state index contributed by atoms with van der Waals surface area (Å²) in [6.07, 6.45) is 2.20. The van der Waals surface area contributed by atoms with E-state index in [1.807, 2.05) is 0 Å². The highest BCUT2D eigenvalue weighted by atomic mass is 15.0. The van der Waals surface area contributed by atoms with Gasteiger partial charge in [0.2, 0.25) is 0 Å². The number of benzene rings is 8. The maximum absolute atomic E-state index is 2.46. The Morgan fingerprint density at radius 1 is 0.302 bits per heavy atom. The molecular formula is C50H33N3. The van der Waals surface area contributed by atoms with Crippen molar-refractivity contribution in [3.8, 4) is 39.3 Å². The lowest BCUT2D eigenvalue weighted by Gasteiger charge is -2.16. The molecule has 0 N–H and O–H groups in total. The molecule has 0 spiro atoms. The zero-order chi connectivity index (χ0) is 34.9. The fourth-order valence-electron chi connectivity index (χ4n) is 8.47. The number of hydrogen-bond donors (Lipinski definition) is 0. The van der Waals surface area contributed by atoms with Gasteiger partial charge in [-0.05, 0) is 82.9 Å². The fraction of sp³-hybridized carbons (Fsp3) is 0. The Morgan fingerprint density at radius 2 is 0.868 bits per heavy atom. The van der Waals surface area contributed by atoms with Crippen LogP contribution in [0.5, 0.6) is 0 Å². The smallest absolute Gasteiger partial charge is 0.0628 e. The lowest BCUT2D eigenvalue weighted by atomic mass is 10.0. The van der Waals surface area contributed by atoms with E-state index in [1.54, 1.807) is 0 Å². The number of hydrogen-bond acceptors (Lipinski definition) is 0. The van der Waals surface area contributed by atoms with Crippen LogP contribution in [0.25, 0.3) is 93.8 Å². The zero-order valence-electron chi connectivity index (χ0n) is 28.9. The van der Waals surface area contributed by atoms with Crippen molar-refractivity contribution in [2.75, 3.05) is 0 Å². The zero-order valence-corrected chi connectivity index (χ0v) is 28.9. The van der Waals surface area contributed by atoms with Crippen LogP contribution in [0.2, 0.25) is 0 Å². The van der Waals surface area contributed by atoms with Crippen molar-refractivity contribution >= 4 is 54.5 Å². The molecule has 0 fully saturated rings. The van der Waals surface area contributed by atoms with Gasteiger partial charge in [-0.3, -0.25) is 0 Å². The molecule has 0 radical (unpaired) electrons. The fourth-order valence-corrected chi connectivity index (χ4v) is 8.47. The van der Waals surface area contributed by atoms with Crippen molar-refractivity contribution < 1.29 is 0 Å². The Kier molecular flexibility index (Phi) is 6.55. The molecule has 3 heterocycles. The normalized spacial score (nSPS) is 11.8. The first-order valence-corrected chi connectivity index (χ1v) is 18.2. The summed E-state index contributed by atoms with van der Waals surface area (Å²) >= 11 is 0. The molecule has 0 unspecified atom stereocenters. The van der Waals surface area contributed by atoms with Gasteiger partial charge >= 0.3 is 0 Å². The van der Waals surface area contributed by atoms with E-state index in [2.05, 4.69) is 214 Å². The number of nitrogens with zero attached hydrogens (tertiary/aromatic N) is 3. The molecule has 0 saturated carbocycles. The van der Waals surface area contributed by atoms with E-state index < -0.39 is 0 Å². The summed E-state index contributed by atoms with van der Waals surface area (Å²) in [5.41, 5.74) is 14.1. The van der Waals surface area contributed by atoms with Gasteiger partial charge in [-0.15, -0.1) is 0 Å². The quantitative estimate of drug-likeness (QED) is 0.172. The number of aromatic nitrogens is 3. The van der Waals surface area contributed by atoms with Gasteiger partial charge in [-0.1, -0.05) is 133 Å². The highest BCUT2D eigenvalue weighted by Gasteiger charge is 2.20. The van der Waals surface area contributed by atoms with Crippen LogP contribution >= 0.6 is 0 Å². The van der Waals surface area contributed by atoms with Gasteiger partial charge in [0.15, 0.2) is 0 Å². The molecule has 0 saturated heterocycles. The van der Waals surface area contributed by atoms with E-state index in [9.17, 15) is 0 Å². The third-order valence-corrected chi connectivity index (χ3v) is 10.8. The lowest BCUT2D eigenvalue weighted by Crippen LogP contribution is -2.00. The van der Waals surface area contributed by atoms with Gasteiger partial charge in [-0.2, -0.15) is 0 Å². The molecule has 53 heavy (non-hydrogen) atoms. The summed E-state index contributed by atoms with van der Waals surface area (Å²) in [4.78, 5) is 0. The molecule has 248 valence electrons. The van der Waals surface area contributed by atoms with E-state index >= 15 is 0 Å². The van der Waals surface area contributed by atoms with Crippen LogP contribution in [0.3, 0.4) is 0 Å². The van der Waals surface area contributed by atoms with Crippen LogP contribution in [-0.4, -0.2) is 13.7 Å². The van der Waals surface area contributed by atoms with Gasteiger partial charge < -0.3 is 13.7 Å². The van der Waals surface area contributed by atoms with Crippen LogP contribution in [0.4, 0.5) is 0 Å². The molecule has 0 bridgehead atoms. The minimum Gasteiger partial charge on any atom is -0.316 e. The number of rotatable bonds is 5. The monoisotopic (exact) mass is 675 g/mol. The van der Waals surface area contributed by atoms with Gasteiger partial charge in [0.05, 0.1) is 27.6 Å². The summed E-state index contributed by atoms with van der Waals surface area (Å²) in [5, 5.41) is 6.20. The molecule has 0 aliphatic carbocycles. The van der Waals surface area contributed by atoms with E-state index in [4.69, 9.17) is 0 Å². The van der Waals surface area contributed by atoms with Crippen LogP contribution in [0, 0.1) is 0 Å². The van der Waals surface area contributed by atoms with Crippen LogP contribution in [-0.2, 0) is 0 Å². The Hall–Kier alpha value is -7.10. The number of fused-ring (bicyclic) bond motifs is 8. The van der Waals surface area contributed by atoms with Crippen molar-refractivity contribution in [3.05, 3.63) is 200 Å². The maximum atomic E-state index is 2.46. The Bertz CT molecular complexity index is 3150. The maximum Gasteiger partial charge on any atom is 0.0628 e. The van der Waals surface area contributed by atoms with Crippen molar-refractivity contribution in [1.29, 1.82) is 0 Å². The highest BCUT2D eigenvalue weighted by Crippen LogP contribution is 2.41. The predicted molar refractivity (Wildman–Crippen MR) is 223 cm³/mol. The standard InChI is InChI=1S/C50H33N3/c1-4-14-34(15-5-1)37-24-26-43-42-20-10-12-22-45(42)53(48(43)32-37)41-31-38(35-16-6-2-7-17-35)30-40(33-41)52-46-23-13-11-21-44(46)49-47(52)27-25-36-28-29-51(50(36)49)39-18-8-3-9-19-39/h1-33H. The topological polar surface area (TPSA) is 14.8 Å². The molecule has 11 rings (SSSR count). The van der Waals surface area contributed by atoms with Crippen LogP contribution in [0.1, 0.15) is 0 Å². The summed E-state index contributed by atoms with van der Waals surface area (Å²) in [6.45, 7) is 0. The summed E-state index contributed by atoms with van der Waals surface area (Å²) in [5.74, 6) is 0. The minimum atomic E-state index is 1.12. The first kappa shape index (κ1) is 29.6. The molecule has 3 aromatic heterocycles. The predicted octanol–water partition coefficient (Wildman–Crippen LogP) is 13.2. The van der Waals surface area contributed by atoms with Crippen molar-refractivity contribution in [2.24, 2.45) is 0 Å². The molecule has 0 aliphatic rings. The first-order chi connectivity index (χ1) is 26.3. The third kappa shape index (κ3) is 4.61. The molecule has 3 nitrogen and oxygen atoms in total. The van der Waals surface area contributed by atoms with E-state index in [-0.39, 0.29) is 0 Å². The minimum absolute atomic E-state index is 1.12. The second-order valence-electron chi connectivity index (χ2n) is 13.8. The second kappa shape index (κ2) is 11.7. The van der Waals surface area contributed by atoms with Gasteiger partial charge in [0, 0.05) is 50.2 Å². The van der Waals surface area contributed by atoms with E-state index in [0.29, 0.717) is 0 Å². The molecule has 3 heteroatoms. The third-order valence-electron chi connectivity index (χ3n) is 10.8. The van der Waals surface area contributed by atoms with E-state index in [0.717, 1.165) is 17.1 Å². The second-order valence-corrected chi connectivity index (χ2v) is 13.8. The van der Waals surface area contributed by atoms with Crippen molar-refractivity contribution in [1.82, 2.24) is 13.7 Å². The Morgan fingerprint density at radius 3 is 1.58 bits per heavy atom. The SMILES string of the molecule is c1ccc(-c2cc(-n3c4ccccc4c4ccc(-c5ccccc5)cc43)cc(-n3c4ccccc4c4c5c(ccc43)ccn5-c3ccccc3)c2)cc1. The molecule has 11 aromatic rings. The summed E-state index contributed by atoms with van der Waals surface area (Å²) in [6, 6.07) is 70.6. The van der Waals surface area contributed by atoms with Crippen molar-refractivity contribution in [2.45, 2.75) is 0 Å². The summed E-state index contributed by atoms with van der Waals surface area (Å²) in [7, 11) is 0. The molecule has 0 amide bonds. The highest BCUT2D eigenvalue weighted by molar-refractivity contribution is 6.21. The van der Waals surface area contributed by atoms with Crippen LogP contribution < -0.4 is 0 Å². The largest absolute Gasteiger partial charge is 0.316 e. The van der Waals surface area contributed by atoms with E-state index in [1.165, 1.54) is 76.8 Å². The lowest BCUT2D eigenvalue weighted by molar-refractivity contribution is 1.13. The molecule has 8 aromatic carbocycles. The van der Waals surface area contributed by atoms with Crippen LogP contribution in [0.15, 0.2) is 200 Å². The Balaban J connectivity index is 1.24. The average molecular weight is 676 g/mol. The first-order valence-electron chi connectivity index (χ1n) is 18.2. The van der Waals surface area contributed by atoms with Gasteiger partial charge in [-0.25, -0.2) is 0 Å².